The van der Waals surface area contributed by atoms with Gasteiger partial charge in [0.25, 0.3) is 5.91 Å². The molecule has 2 aromatic carbocycles. The highest BCUT2D eigenvalue weighted by atomic mass is 35.5. The van der Waals surface area contributed by atoms with Gasteiger partial charge in [-0.1, -0.05) is 53.6 Å². The zero-order valence-corrected chi connectivity index (χ0v) is 16.4. The Kier molecular flexibility index (Phi) is 8.01. The third kappa shape index (κ3) is 7.10. The summed E-state index contributed by atoms with van der Waals surface area (Å²) in [6.07, 6.45) is 0. The van der Waals surface area contributed by atoms with Gasteiger partial charge in [0.05, 0.1) is 11.8 Å². The zero-order chi connectivity index (χ0) is 18.9. The van der Waals surface area contributed by atoms with Crippen molar-refractivity contribution in [1.29, 1.82) is 0 Å². The Morgan fingerprint density at radius 2 is 1.92 bits per heavy atom. The van der Waals surface area contributed by atoms with Crippen molar-refractivity contribution < 1.29 is 14.3 Å². The number of nitrogens with one attached hydrogen (secondary N) is 1. The quantitative estimate of drug-likeness (QED) is 0.681. The number of carbonyl (C=O) groups excluding carboxylic acids is 2. The Morgan fingerprint density at radius 3 is 2.62 bits per heavy atom. The number of benzene rings is 2. The van der Waals surface area contributed by atoms with Gasteiger partial charge in [0.1, 0.15) is 0 Å². The van der Waals surface area contributed by atoms with Gasteiger partial charge >= 0.3 is 5.97 Å². The molecule has 1 N–H and O–H groups in total. The molecule has 0 aromatic heterocycles. The van der Waals surface area contributed by atoms with Crippen molar-refractivity contribution in [3.63, 3.8) is 0 Å². The number of ether oxygens (including phenoxy) is 1. The van der Waals surface area contributed by atoms with Crippen LogP contribution in [-0.4, -0.2) is 24.2 Å². The van der Waals surface area contributed by atoms with Crippen LogP contribution in [-0.2, 0) is 20.1 Å². The first kappa shape index (κ1) is 20.3. The van der Waals surface area contributed by atoms with Crippen LogP contribution >= 0.6 is 23.4 Å². The maximum absolute atomic E-state index is 11.9. The molecule has 138 valence electrons. The Hall–Kier alpha value is -1.98. The number of halogens is 1. The molecule has 2 rings (SSSR count). The summed E-state index contributed by atoms with van der Waals surface area (Å²) < 4.78 is 5.02. The van der Waals surface area contributed by atoms with Crippen LogP contribution in [0.5, 0.6) is 0 Å². The first-order valence-corrected chi connectivity index (χ1v) is 9.81. The summed E-state index contributed by atoms with van der Waals surface area (Å²) in [7, 11) is 0. The first-order valence-electron chi connectivity index (χ1n) is 8.28. The van der Waals surface area contributed by atoms with Crippen molar-refractivity contribution in [3.05, 3.63) is 70.2 Å². The van der Waals surface area contributed by atoms with E-state index in [2.05, 4.69) is 5.32 Å². The lowest BCUT2D eigenvalue weighted by molar-refractivity contribution is -0.146. The second kappa shape index (κ2) is 10.2. The minimum atomic E-state index is -0.396. The van der Waals surface area contributed by atoms with Gasteiger partial charge in [-0.3, -0.25) is 9.59 Å². The van der Waals surface area contributed by atoms with Crippen molar-refractivity contribution in [2.75, 3.05) is 12.4 Å². The number of amides is 1. The van der Waals surface area contributed by atoms with Gasteiger partial charge in [-0.05, 0) is 37.1 Å². The maximum atomic E-state index is 11.9. The van der Waals surface area contributed by atoms with Crippen LogP contribution in [0.2, 0.25) is 5.02 Å². The van der Waals surface area contributed by atoms with Crippen LogP contribution in [0.4, 0.5) is 0 Å². The molecule has 6 heteroatoms. The molecule has 0 spiro atoms. The van der Waals surface area contributed by atoms with Gasteiger partial charge < -0.3 is 10.1 Å². The van der Waals surface area contributed by atoms with Crippen LogP contribution in [0.3, 0.4) is 0 Å². The normalized spacial score (nSPS) is 11.7. The third-order valence-corrected chi connectivity index (χ3v) is 4.91. The molecule has 0 saturated carbocycles. The second-order valence-electron chi connectivity index (χ2n) is 5.98. The van der Waals surface area contributed by atoms with E-state index in [1.165, 1.54) is 17.3 Å². The van der Waals surface area contributed by atoms with Gasteiger partial charge in [-0.25, -0.2) is 0 Å². The highest BCUT2D eigenvalue weighted by molar-refractivity contribution is 7.99. The summed E-state index contributed by atoms with van der Waals surface area (Å²) >= 11 is 7.41. The van der Waals surface area contributed by atoms with E-state index in [9.17, 15) is 9.59 Å². The molecule has 1 amide bonds. The predicted molar refractivity (Wildman–Crippen MR) is 106 cm³/mol. The van der Waals surface area contributed by atoms with Crippen molar-refractivity contribution in [2.45, 2.75) is 25.6 Å². The van der Waals surface area contributed by atoms with E-state index in [-0.39, 0.29) is 24.3 Å². The van der Waals surface area contributed by atoms with Gasteiger partial charge in [0.2, 0.25) is 0 Å². The molecule has 0 unspecified atom stereocenters. The lowest BCUT2D eigenvalue weighted by Crippen LogP contribution is -2.31. The Morgan fingerprint density at radius 1 is 1.19 bits per heavy atom. The molecule has 1 atom stereocenters. The second-order valence-corrected chi connectivity index (χ2v) is 7.41. The van der Waals surface area contributed by atoms with Gasteiger partial charge in [0.15, 0.2) is 6.61 Å². The number of rotatable bonds is 8. The number of carbonyl (C=O) groups is 2. The molecule has 0 fully saturated rings. The van der Waals surface area contributed by atoms with Gasteiger partial charge in [0, 0.05) is 10.8 Å². The van der Waals surface area contributed by atoms with E-state index >= 15 is 0 Å². The van der Waals surface area contributed by atoms with E-state index in [1.54, 1.807) is 12.1 Å². The van der Waals surface area contributed by atoms with Crippen LogP contribution in [0.25, 0.3) is 0 Å². The summed E-state index contributed by atoms with van der Waals surface area (Å²) in [4.78, 5) is 23.7. The Labute approximate surface area is 163 Å². The minimum Gasteiger partial charge on any atom is -0.455 e. The highest BCUT2D eigenvalue weighted by Gasteiger charge is 2.12. The fourth-order valence-electron chi connectivity index (χ4n) is 2.27. The summed E-state index contributed by atoms with van der Waals surface area (Å²) in [6, 6.07) is 15.2. The fraction of sp³-hybridized carbons (Fsp3) is 0.300. The summed E-state index contributed by atoms with van der Waals surface area (Å²) in [5.41, 5.74) is 3.25. The van der Waals surface area contributed by atoms with Crippen LogP contribution in [0.1, 0.15) is 29.7 Å². The number of thioether (sulfide) groups is 1. The van der Waals surface area contributed by atoms with Crippen LogP contribution in [0.15, 0.2) is 48.5 Å². The summed E-state index contributed by atoms with van der Waals surface area (Å²) in [5, 5.41) is 3.40. The Bertz CT molecular complexity index is 749. The number of esters is 1. The number of hydrogen-bond acceptors (Lipinski definition) is 4. The zero-order valence-electron chi connectivity index (χ0n) is 14.8. The van der Waals surface area contributed by atoms with Crippen LogP contribution in [0, 0.1) is 6.92 Å². The summed E-state index contributed by atoms with van der Waals surface area (Å²) in [5.74, 6) is 0.209. The van der Waals surface area contributed by atoms with Crippen molar-refractivity contribution in [2.24, 2.45) is 0 Å². The minimum absolute atomic E-state index is 0.212. The van der Waals surface area contributed by atoms with Crippen molar-refractivity contribution in [1.82, 2.24) is 5.32 Å². The molecule has 0 bridgehead atoms. The lowest BCUT2D eigenvalue weighted by atomic mass is 10.1. The van der Waals surface area contributed by atoms with E-state index in [0.29, 0.717) is 5.02 Å². The largest absolute Gasteiger partial charge is 0.455 e. The average molecular weight is 392 g/mol. The molecule has 0 aliphatic carbocycles. The van der Waals surface area contributed by atoms with Gasteiger partial charge in [-0.2, -0.15) is 0 Å². The molecule has 0 aliphatic heterocycles. The average Bonchev–Trinajstić information content (AvgIpc) is 2.61. The molecule has 0 saturated heterocycles. The van der Waals surface area contributed by atoms with Crippen LogP contribution < -0.4 is 5.32 Å². The SMILES string of the molecule is Cc1ccc(CSCC(=O)OCC(=O)N[C@@H](C)c2cccc(Cl)c2)cc1. The monoisotopic (exact) mass is 391 g/mol. The molecule has 26 heavy (non-hydrogen) atoms. The molecule has 0 radical (unpaired) electrons. The fourth-order valence-corrected chi connectivity index (χ4v) is 3.25. The third-order valence-electron chi connectivity index (χ3n) is 3.70. The molecule has 2 aromatic rings. The molecular weight excluding hydrogens is 370 g/mol. The van der Waals surface area contributed by atoms with E-state index in [1.807, 2.05) is 50.2 Å². The number of aryl methyl sites for hydroxylation is 1. The molecule has 0 aliphatic rings. The smallest absolute Gasteiger partial charge is 0.316 e. The van der Waals surface area contributed by atoms with Gasteiger partial charge in [-0.15, -0.1) is 11.8 Å². The number of hydrogen-bond donors (Lipinski definition) is 1. The predicted octanol–water partition coefficient (Wildman–Crippen LogP) is 4.30. The lowest BCUT2D eigenvalue weighted by Gasteiger charge is -2.14. The van der Waals surface area contributed by atoms with E-state index in [4.69, 9.17) is 16.3 Å². The topological polar surface area (TPSA) is 55.4 Å². The molecule has 0 heterocycles. The van der Waals surface area contributed by atoms with Crippen molar-refractivity contribution in [3.8, 4) is 0 Å². The standard InChI is InChI=1S/C20H22ClNO3S/c1-14-6-8-16(9-7-14)12-26-13-20(24)25-11-19(23)22-15(2)17-4-3-5-18(21)10-17/h3-10,15H,11-13H2,1-2H3,(H,22,23)/t15-/m0/s1. The van der Waals surface area contributed by atoms with Crippen molar-refractivity contribution >= 4 is 35.2 Å². The first-order chi connectivity index (χ1) is 12.4. The van der Waals surface area contributed by atoms with E-state index in [0.717, 1.165) is 16.9 Å². The highest BCUT2D eigenvalue weighted by Crippen LogP contribution is 2.17. The maximum Gasteiger partial charge on any atom is 0.316 e. The molecular formula is C20H22ClNO3S. The van der Waals surface area contributed by atoms with E-state index < -0.39 is 5.97 Å². The summed E-state index contributed by atoms with van der Waals surface area (Å²) in [6.45, 7) is 3.60. The Balaban J connectivity index is 1.66. The molecule has 4 nitrogen and oxygen atoms in total.